The third kappa shape index (κ3) is 3.55. The highest BCUT2D eigenvalue weighted by Gasteiger charge is 2.27. The van der Waals surface area contributed by atoms with Gasteiger partial charge in [0.05, 0.1) is 10.2 Å². The standard InChI is InChI=1S/C19H17Br2N3O/c1-13-17(20)18(21)22-24(13)14(2)19(25)23(15-9-5-3-6-10-15)16-11-7-4-8-12-16/h3-12,14H,1-2H3. The highest BCUT2D eigenvalue weighted by atomic mass is 79.9. The molecule has 1 heterocycles. The number of carbonyl (C=O) groups is 1. The smallest absolute Gasteiger partial charge is 0.256 e. The molecular formula is C19H17Br2N3O. The Morgan fingerprint density at radius 2 is 1.48 bits per heavy atom. The van der Waals surface area contributed by atoms with E-state index in [1.54, 1.807) is 9.58 Å². The average Bonchev–Trinajstić information content (AvgIpc) is 2.90. The SMILES string of the molecule is Cc1c(Br)c(Br)nn1C(C)C(=O)N(c1ccccc1)c1ccccc1. The van der Waals surface area contributed by atoms with Crippen molar-refractivity contribution in [2.24, 2.45) is 0 Å². The van der Waals surface area contributed by atoms with Gasteiger partial charge >= 0.3 is 0 Å². The van der Waals surface area contributed by atoms with Crippen molar-refractivity contribution in [2.45, 2.75) is 19.9 Å². The Morgan fingerprint density at radius 3 is 1.88 bits per heavy atom. The van der Waals surface area contributed by atoms with Crippen molar-refractivity contribution in [1.82, 2.24) is 9.78 Å². The molecule has 1 aromatic heterocycles. The molecule has 6 heteroatoms. The minimum Gasteiger partial charge on any atom is -0.279 e. The van der Waals surface area contributed by atoms with Crippen LogP contribution in [-0.2, 0) is 4.79 Å². The Morgan fingerprint density at radius 1 is 1.00 bits per heavy atom. The molecule has 2 aromatic carbocycles. The second kappa shape index (κ2) is 7.54. The molecule has 3 aromatic rings. The van der Waals surface area contributed by atoms with Gasteiger partial charge in [-0.2, -0.15) is 5.10 Å². The molecule has 4 nitrogen and oxygen atoms in total. The van der Waals surface area contributed by atoms with E-state index in [0.29, 0.717) is 4.60 Å². The zero-order valence-electron chi connectivity index (χ0n) is 13.9. The number of benzene rings is 2. The predicted molar refractivity (Wildman–Crippen MR) is 107 cm³/mol. The molecule has 1 amide bonds. The molecule has 0 radical (unpaired) electrons. The molecule has 1 unspecified atom stereocenters. The van der Waals surface area contributed by atoms with Gasteiger partial charge in [-0.15, -0.1) is 0 Å². The van der Waals surface area contributed by atoms with Gasteiger partial charge < -0.3 is 0 Å². The molecule has 0 saturated carbocycles. The van der Waals surface area contributed by atoms with Crippen LogP contribution in [0.3, 0.4) is 0 Å². The maximum atomic E-state index is 13.4. The topological polar surface area (TPSA) is 38.1 Å². The first kappa shape index (κ1) is 17.9. The van der Waals surface area contributed by atoms with Gasteiger partial charge in [0.15, 0.2) is 0 Å². The van der Waals surface area contributed by atoms with Gasteiger partial charge in [-0.25, -0.2) is 0 Å². The Kier molecular flexibility index (Phi) is 5.39. The summed E-state index contributed by atoms with van der Waals surface area (Å²) in [5.41, 5.74) is 2.55. The summed E-state index contributed by atoms with van der Waals surface area (Å²) in [6, 6.07) is 18.8. The summed E-state index contributed by atoms with van der Waals surface area (Å²) in [4.78, 5) is 15.1. The molecule has 0 aliphatic carbocycles. The number of aromatic nitrogens is 2. The number of rotatable bonds is 4. The van der Waals surface area contributed by atoms with Gasteiger partial charge in [-0.3, -0.25) is 14.4 Å². The van der Waals surface area contributed by atoms with E-state index in [0.717, 1.165) is 21.5 Å². The lowest BCUT2D eigenvalue weighted by molar-refractivity contribution is -0.120. The largest absolute Gasteiger partial charge is 0.279 e. The first-order chi connectivity index (χ1) is 12.0. The van der Waals surface area contributed by atoms with E-state index in [1.165, 1.54) is 0 Å². The molecule has 3 rings (SSSR count). The highest BCUT2D eigenvalue weighted by molar-refractivity contribution is 9.13. The third-order valence-corrected chi connectivity index (χ3v) is 6.05. The number of halogens is 2. The van der Waals surface area contributed by atoms with Crippen LogP contribution in [0.25, 0.3) is 0 Å². The summed E-state index contributed by atoms with van der Waals surface area (Å²) < 4.78 is 3.28. The Hall–Kier alpha value is -1.92. The Labute approximate surface area is 163 Å². The van der Waals surface area contributed by atoms with E-state index in [4.69, 9.17) is 0 Å². The van der Waals surface area contributed by atoms with Crippen LogP contribution in [0, 0.1) is 6.92 Å². The van der Waals surface area contributed by atoms with Crippen molar-refractivity contribution in [1.29, 1.82) is 0 Å². The van der Waals surface area contributed by atoms with Crippen LogP contribution in [0.4, 0.5) is 11.4 Å². The molecule has 128 valence electrons. The fourth-order valence-electron chi connectivity index (χ4n) is 2.69. The van der Waals surface area contributed by atoms with Crippen LogP contribution in [0.2, 0.25) is 0 Å². The molecule has 0 bridgehead atoms. The van der Waals surface area contributed by atoms with Gasteiger partial charge in [0, 0.05) is 11.4 Å². The van der Waals surface area contributed by atoms with E-state index < -0.39 is 6.04 Å². The maximum absolute atomic E-state index is 13.4. The van der Waals surface area contributed by atoms with Gasteiger partial charge in [0.2, 0.25) is 0 Å². The zero-order chi connectivity index (χ0) is 18.0. The summed E-state index contributed by atoms with van der Waals surface area (Å²) in [6.45, 7) is 3.79. The average molecular weight is 463 g/mol. The van der Waals surface area contributed by atoms with Crippen molar-refractivity contribution < 1.29 is 4.79 Å². The number of anilines is 2. The number of para-hydroxylation sites is 2. The zero-order valence-corrected chi connectivity index (χ0v) is 17.0. The lowest BCUT2D eigenvalue weighted by Crippen LogP contribution is -2.33. The maximum Gasteiger partial charge on any atom is 0.256 e. The van der Waals surface area contributed by atoms with Crippen molar-refractivity contribution in [2.75, 3.05) is 4.90 Å². The van der Waals surface area contributed by atoms with Crippen LogP contribution in [0.15, 0.2) is 69.7 Å². The monoisotopic (exact) mass is 461 g/mol. The van der Waals surface area contributed by atoms with E-state index in [9.17, 15) is 4.79 Å². The predicted octanol–water partition coefficient (Wildman–Crippen LogP) is 5.64. The lowest BCUT2D eigenvalue weighted by Gasteiger charge is -2.26. The molecule has 0 aliphatic heterocycles. The van der Waals surface area contributed by atoms with E-state index in [1.807, 2.05) is 74.5 Å². The van der Waals surface area contributed by atoms with Gasteiger partial charge in [0.1, 0.15) is 10.6 Å². The van der Waals surface area contributed by atoms with Gasteiger partial charge in [-0.1, -0.05) is 36.4 Å². The van der Waals surface area contributed by atoms with Gasteiger partial charge in [0.25, 0.3) is 5.91 Å². The second-order valence-electron chi connectivity index (χ2n) is 5.66. The van der Waals surface area contributed by atoms with Crippen LogP contribution in [0.1, 0.15) is 18.7 Å². The molecule has 25 heavy (non-hydrogen) atoms. The summed E-state index contributed by atoms with van der Waals surface area (Å²) >= 11 is 6.90. The quantitative estimate of drug-likeness (QED) is 0.502. The van der Waals surface area contributed by atoms with Gasteiger partial charge in [-0.05, 0) is 70.0 Å². The normalized spacial score (nSPS) is 12.0. The second-order valence-corrected chi connectivity index (χ2v) is 7.20. The number of nitrogens with zero attached hydrogens (tertiary/aromatic N) is 3. The molecule has 0 spiro atoms. The first-order valence-electron chi connectivity index (χ1n) is 7.85. The summed E-state index contributed by atoms with van der Waals surface area (Å²) in [6.07, 6.45) is 0. The van der Waals surface area contributed by atoms with Crippen molar-refractivity contribution in [3.05, 3.63) is 75.4 Å². The van der Waals surface area contributed by atoms with Crippen molar-refractivity contribution in [3.8, 4) is 0 Å². The fraction of sp³-hybridized carbons (Fsp3) is 0.158. The molecule has 1 atom stereocenters. The highest BCUT2D eigenvalue weighted by Crippen LogP contribution is 2.31. The lowest BCUT2D eigenvalue weighted by atomic mass is 10.2. The number of carbonyl (C=O) groups excluding carboxylic acids is 1. The minimum absolute atomic E-state index is 0.0528. The number of amides is 1. The van der Waals surface area contributed by atoms with E-state index in [-0.39, 0.29) is 5.91 Å². The van der Waals surface area contributed by atoms with Crippen LogP contribution in [0.5, 0.6) is 0 Å². The molecule has 0 aliphatic rings. The Balaban J connectivity index is 2.04. The van der Waals surface area contributed by atoms with E-state index >= 15 is 0 Å². The first-order valence-corrected chi connectivity index (χ1v) is 9.43. The molecule has 0 fully saturated rings. The summed E-state index contributed by atoms with van der Waals surface area (Å²) in [5, 5.41) is 4.44. The fourth-order valence-corrected chi connectivity index (χ4v) is 3.41. The molecule has 0 N–H and O–H groups in total. The molecule has 0 saturated heterocycles. The molecular weight excluding hydrogens is 446 g/mol. The van der Waals surface area contributed by atoms with Crippen LogP contribution < -0.4 is 4.90 Å². The van der Waals surface area contributed by atoms with Crippen molar-refractivity contribution in [3.63, 3.8) is 0 Å². The summed E-state index contributed by atoms with van der Waals surface area (Å²) in [5.74, 6) is -0.0528. The van der Waals surface area contributed by atoms with E-state index in [2.05, 4.69) is 37.0 Å². The summed E-state index contributed by atoms with van der Waals surface area (Å²) in [7, 11) is 0. The Bertz CT molecular complexity index is 839. The number of hydrogen-bond acceptors (Lipinski definition) is 2. The number of hydrogen-bond donors (Lipinski definition) is 0. The third-order valence-electron chi connectivity index (χ3n) is 4.01. The van der Waals surface area contributed by atoms with Crippen molar-refractivity contribution >= 4 is 49.1 Å². The minimum atomic E-state index is -0.456. The van der Waals surface area contributed by atoms with Crippen LogP contribution in [-0.4, -0.2) is 15.7 Å². The van der Waals surface area contributed by atoms with Crippen LogP contribution >= 0.6 is 31.9 Å².